The second-order valence-electron chi connectivity index (χ2n) is 17.7. The third kappa shape index (κ3) is 9.43. The van der Waals surface area contributed by atoms with Crippen LogP contribution in [0.25, 0.3) is 63.3 Å². The van der Waals surface area contributed by atoms with Gasteiger partial charge >= 0.3 is 5.97 Å². The van der Waals surface area contributed by atoms with Crippen molar-refractivity contribution in [1.29, 1.82) is 0 Å². The van der Waals surface area contributed by atoms with Crippen LogP contribution in [0, 0.1) is 6.57 Å². The molecule has 0 atom stereocenters. The quantitative estimate of drug-likeness (QED) is 0.0571. The van der Waals surface area contributed by atoms with E-state index in [2.05, 4.69) is 124 Å². The molecule has 0 bridgehead atoms. The van der Waals surface area contributed by atoms with Gasteiger partial charge in [-0.25, -0.2) is 4.85 Å². The molecule has 0 unspecified atom stereocenters. The van der Waals surface area contributed by atoms with E-state index < -0.39 is 5.97 Å². The first-order chi connectivity index (χ1) is 37.3. The minimum atomic E-state index is -0.668. The first-order valence-electron chi connectivity index (χ1n) is 24.3. The van der Waals surface area contributed by atoms with Gasteiger partial charge in [0.1, 0.15) is 23.0 Å². The number of thiophene rings is 2. The normalized spacial score (nSPS) is 11.2. The summed E-state index contributed by atoms with van der Waals surface area (Å²) < 4.78 is 27.0. The predicted molar refractivity (Wildman–Crippen MR) is 310 cm³/mol. The molecule has 11 rings (SSSR count). The maximum Gasteiger partial charge on any atom is 0.336 e. The molecule has 0 saturated carbocycles. The molecule has 0 spiro atoms. The van der Waals surface area contributed by atoms with Crippen LogP contribution in [0.4, 0.5) is 34.1 Å². The summed E-state index contributed by atoms with van der Waals surface area (Å²) in [5.74, 6) is 2.48. The van der Waals surface area contributed by atoms with E-state index >= 15 is 0 Å². The summed E-state index contributed by atoms with van der Waals surface area (Å²) in [6.07, 6.45) is 0. The molecule has 0 saturated heterocycles. The van der Waals surface area contributed by atoms with Crippen molar-refractivity contribution in [1.82, 2.24) is 0 Å². The Morgan fingerprint density at radius 3 is 0.921 bits per heavy atom. The molecule has 0 amide bonds. The molecule has 10 aromatic rings. The number of carbonyl (C=O) groups excluding carboxylic acids is 1. The molecule has 2 heterocycles. The second-order valence-corrected chi connectivity index (χ2v) is 19.9. The highest BCUT2D eigenvalue weighted by molar-refractivity contribution is 7.19. The van der Waals surface area contributed by atoms with Gasteiger partial charge in [0.05, 0.1) is 42.1 Å². The number of methoxy groups -OCH3 is 5. The monoisotopic (exact) mass is 1030 g/mol. The number of ether oxygens (including phenoxy) is 5. The summed E-state index contributed by atoms with van der Waals surface area (Å²) in [5.41, 5.74) is 14.2. The van der Waals surface area contributed by atoms with Crippen molar-refractivity contribution < 1.29 is 28.5 Å². The number of esters is 1. The predicted octanol–water partition coefficient (Wildman–Crippen LogP) is 17.3. The van der Waals surface area contributed by atoms with Gasteiger partial charge in [0, 0.05) is 59.2 Å². The Labute approximate surface area is 450 Å². The smallest absolute Gasteiger partial charge is 0.336 e. The lowest BCUT2D eigenvalue weighted by molar-refractivity contribution is -0.135. The largest absolute Gasteiger partial charge is 0.497 e. The van der Waals surface area contributed by atoms with Gasteiger partial charge in [-0.05, 0) is 202 Å². The Bertz CT molecular complexity index is 3470. The second kappa shape index (κ2) is 21.2. The van der Waals surface area contributed by atoms with Crippen molar-refractivity contribution in [2.45, 2.75) is 0 Å². The molecule has 0 aliphatic heterocycles. The van der Waals surface area contributed by atoms with Crippen molar-refractivity contribution in [2.24, 2.45) is 0 Å². The Kier molecular flexibility index (Phi) is 13.7. The van der Waals surface area contributed by atoms with Crippen molar-refractivity contribution in [3.63, 3.8) is 0 Å². The van der Waals surface area contributed by atoms with Gasteiger partial charge in [-0.2, -0.15) is 0 Å². The third-order valence-electron chi connectivity index (χ3n) is 13.5. The molecule has 372 valence electrons. The summed E-state index contributed by atoms with van der Waals surface area (Å²) in [6, 6.07) is 70.5. The summed E-state index contributed by atoms with van der Waals surface area (Å²) >= 11 is 3.39. The van der Waals surface area contributed by atoms with Gasteiger partial charge in [0.15, 0.2) is 0 Å². The third-order valence-corrected chi connectivity index (χ3v) is 15.9. The van der Waals surface area contributed by atoms with Crippen LogP contribution in [-0.2, 0) is 9.53 Å². The highest BCUT2D eigenvalue weighted by Gasteiger charge is 2.31. The molecule has 0 N–H and O–H groups in total. The van der Waals surface area contributed by atoms with Crippen LogP contribution in [-0.4, -0.2) is 41.5 Å². The molecular weight excluding hydrogens is 983 g/mol. The number of nitrogens with zero attached hydrogens (tertiary/aromatic N) is 3. The molecule has 2 aromatic heterocycles. The number of fused-ring (bicyclic) bond motifs is 3. The minimum Gasteiger partial charge on any atom is -0.497 e. The Balaban J connectivity index is 0.872. The lowest BCUT2D eigenvalue weighted by atomic mass is 9.98. The molecular formula is C65H49N3O6S2. The summed E-state index contributed by atoms with van der Waals surface area (Å²) in [6.45, 7) is 8.26. The van der Waals surface area contributed by atoms with Gasteiger partial charge in [-0.3, -0.25) is 4.79 Å². The average Bonchev–Trinajstić information content (AvgIpc) is 4.32. The van der Waals surface area contributed by atoms with Crippen molar-refractivity contribution in [3.05, 3.63) is 234 Å². The van der Waals surface area contributed by atoms with Gasteiger partial charge in [-0.15, -0.1) is 22.7 Å². The van der Waals surface area contributed by atoms with Gasteiger partial charge in [0.25, 0.3) is 5.70 Å². The number of carbonyl (C=O) groups is 1. The zero-order valence-electron chi connectivity index (χ0n) is 42.2. The number of benzene rings is 8. The van der Waals surface area contributed by atoms with Crippen molar-refractivity contribution in [3.8, 4) is 75.9 Å². The van der Waals surface area contributed by atoms with Crippen LogP contribution in [0.3, 0.4) is 0 Å². The van der Waals surface area contributed by atoms with E-state index in [9.17, 15) is 4.79 Å². The van der Waals surface area contributed by atoms with Gasteiger partial charge in [-0.1, -0.05) is 48.5 Å². The first kappa shape index (κ1) is 48.9. The van der Waals surface area contributed by atoms with Gasteiger partial charge in [0.2, 0.25) is 0 Å². The van der Waals surface area contributed by atoms with Crippen molar-refractivity contribution >= 4 is 68.3 Å². The standard InChI is InChI=1S/C65H49N3O6S2/c1-66-64(65(69)74-6)63-57-39-43(61-37-35-59(75-61)41-7-13-45(14-8-41)67(47-17-25-51(70-2)26-18-47)48-19-27-52(71-3)28-20-48)11-33-55(57)56-34-12-44(40-58(56)63)62-38-36-60(76-62)42-9-15-46(16-10-42)68(49-21-29-53(72-4)30-22-49)50-23-31-54(73-5)32-24-50/h7-40H,2-6H3. The van der Waals surface area contributed by atoms with E-state index in [1.54, 1.807) is 51.1 Å². The fraction of sp³-hybridized carbons (Fsp3) is 0.0769. The Morgan fingerprint density at radius 1 is 0.368 bits per heavy atom. The fourth-order valence-corrected chi connectivity index (χ4v) is 11.7. The van der Waals surface area contributed by atoms with E-state index in [4.69, 9.17) is 30.3 Å². The average molecular weight is 1030 g/mol. The summed E-state index contributed by atoms with van der Waals surface area (Å²) in [7, 11) is 7.99. The molecule has 8 aromatic carbocycles. The molecule has 11 heteroatoms. The molecule has 9 nitrogen and oxygen atoms in total. The van der Waals surface area contributed by atoms with Crippen LogP contribution in [0.15, 0.2) is 212 Å². The lowest BCUT2D eigenvalue weighted by Gasteiger charge is -2.26. The zero-order valence-corrected chi connectivity index (χ0v) is 43.9. The highest BCUT2D eigenvalue weighted by Crippen LogP contribution is 2.50. The number of rotatable bonds is 15. The maximum absolute atomic E-state index is 13.4. The van der Waals surface area contributed by atoms with Crippen LogP contribution < -0.4 is 28.7 Å². The van der Waals surface area contributed by atoms with Crippen LogP contribution in [0.1, 0.15) is 11.1 Å². The van der Waals surface area contributed by atoms with Gasteiger partial charge < -0.3 is 33.5 Å². The fourth-order valence-electron chi connectivity index (χ4n) is 9.64. The SMILES string of the molecule is [C-]#[N+]C(C(=O)OC)=C1c2cc(-c3ccc(-c4ccc(N(c5ccc(OC)cc5)c5ccc(OC)cc5)cc4)s3)ccc2-c2ccc(-c3ccc(-c4ccc(N(c5ccc(OC)cc5)c5ccc(OC)cc5)cc4)s3)cc21. The highest BCUT2D eigenvalue weighted by atomic mass is 32.1. The molecule has 76 heavy (non-hydrogen) atoms. The lowest BCUT2D eigenvalue weighted by Crippen LogP contribution is -2.09. The minimum absolute atomic E-state index is 0.0487. The van der Waals surface area contributed by atoms with E-state index in [1.165, 1.54) is 7.11 Å². The van der Waals surface area contributed by atoms with Crippen LogP contribution in [0.2, 0.25) is 0 Å². The Morgan fingerprint density at radius 2 is 0.645 bits per heavy atom. The molecule has 1 aliphatic rings. The molecule has 1 aliphatic carbocycles. The van der Waals surface area contributed by atoms with Crippen molar-refractivity contribution in [2.75, 3.05) is 45.3 Å². The summed E-state index contributed by atoms with van der Waals surface area (Å²) in [4.78, 5) is 26.0. The summed E-state index contributed by atoms with van der Waals surface area (Å²) in [5, 5.41) is 0. The van der Waals surface area contributed by atoms with E-state index in [-0.39, 0.29) is 5.70 Å². The first-order valence-corrected chi connectivity index (χ1v) is 26.0. The number of hydrogen-bond acceptors (Lipinski definition) is 10. The van der Waals surface area contributed by atoms with Crippen LogP contribution >= 0.6 is 22.7 Å². The Hall–Kier alpha value is -9.34. The number of anilines is 6. The molecule has 0 radical (unpaired) electrons. The van der Waals surface area contributed by atoms with Crippen LogP contribution in [0.5, 0.6) is 23.0 Å². The van der Waals surface area contributed by atoms with E-state index in [0.717, 1.165) is 121 Å². The van der Waals surface area contributed by atoms with E-state index in [0.29, 0.717) is 5.57 Å². The number of hydrogen-bond donors (Lipinski definition) is 0. The van der Waals surface area contributed by atoms with E-state index in [1.807, 2.05) is 97.1 Å². The molecule has 0 fully saturated rings. The topological polar surface area (TPSA) is 74.1 Å². The maximum atomic E-state index is 13.4. The zero-order chi connectivity index (χ0) is 52.3.